The van der Waals surface area contributed by atoms with Crippen LogP contribution in [0, 0.1) is 10.1 Å². The van der Waals surface area contributed by atoms with Gasteiger partial charge in [0.25, 0.3) is 15.5 Å². The summed E-state index contributed by atoms with van der Waals surface area (Å²) in [7, 11) is -5.68. The van der Waals surface area contributed by atoms with Crippen LogP contribution in [0.1, 0.15) is 12.8 Å². The molecule has 1 aliphatic rings. The van der Waals surface area contributed by atoms with Crippen molar-refractivity contribution in [3.8, 4) is 0 Å². The van der Waals surface area contributed by atoms with Crippen molar-refractivity contribution in [3.63, 3.8) is 0 Å². The van der Waals surface area contributed by atoms with E-state index in [0.29, 0.717) is 25.0 Å². The summed E-state index contributed by atoms with van der Waals surface area (Å²) in [6, 6.07) is 2.09. The van der Waals surface area contributed by atoms with Gasteiger partial charge in [0.1, 0.15) is 5.69 Å². The molecule has 0 unspecified atom stereocenters. The number of rotatable bonds is 4. The van der Waals surface area contributed by atoms with Crippen molar-refractivity contribution in [1.82, 2.24) is 0 Å². The zero-order valence-electron chi connectivity index (χ0n) is 12.9. The second kappa shape index (κ2) is 6.42. The minimum Gasteiger partial charge on any atom is -0.394 e. The number of aliphatic hydroxyl groups is 1. The third-order valence-electron chi connectivity index (χ3n) is 4.17. The quantitative estimate of drug-likeness (QED) is 0.590. The SMILES string of the molecule is NC1(CO)CCN(c2ccc(S(=O)(=O)C(F)(F)F)cc2[N+](=O)[O-])CC1. The first kappa shape index (κ1) is 19.4. The minimum absolute atomic E-state index is 0.00566. The summed E-state index contributed by atoms with van der Waals surface area (Å²) < 4.78 is 60.7. The van der Waals surface area contributed by atoms with E-state index in [2.05, 4.69) is 0 Å². The molecule has 2 rings (SSSR count). The Morgan fingerprint density at radius 1 is 1.32 bits per heavy atom. The molecule has 25 heavy (non-hydrogen) atoms. The summed E-state index contributed by atoms with van der Waals surface area (Å²) in [6.45, 7) is 0.220. The van der Waals surface area contributed by atoms with E-state index in [-0.39, 0.29) is 25.4 Å². The Balaban J connectivity index is 2.41. The molecule has 1 heterocycles. The van der Waals surface area contributed by atoms with E-state index < -0.39 is 36.4 Å². The van der Waals surface area contributed by atoms with Gasteiger partial charge in [0.15, 0.2) is 0 Å². The minimum atomic E-state index is -5.68. The first-order chi connectivity index (χ1) is 11.4. The van der Waals surface area contributed by atoms with Crippen LogP contribution in [0.15, 0.2) is 23.1 Å². The molecule has 0 amide bonds. The molecule has 12 heteroatoms. The highest BCUT2D eigenvalue weighted by Gasteiger charge is 2.47. The molecule has 0 aliphatic carbocycles. The van der Waals surface area contributed by atoms with Gasteiger partial charge in [-0.3, -0.25) is 10.1 Å². The number of nitro groups is 1. The van der Waals surface area contributed by atoms with Crippen molar-refractivity contribution < 1.29 is 31.6 Å². The molecule has 8 nitrogen and oxygen atoms in total. The lowest BCUT2D eigenvalue weighted by Gasteiger charge is -2.38. The highest BCUT2D eigenvalue weighted by Crippen LogP contribution is 2.37. The summed E-state index contributed by atoms with van der Waals surface area (Å²) in [6.07, 6.45) is 0.645. The van der Waals surface area contributed by atoms with Gasteiger partial charge >= 0.3 is 5.51 Å². The zero-order valence-corrected chi connectivity index (χ0v) is 13.7. The highest BCUT2D eigenvalue weighted by molar-refractivity contribution is 7.92. The third kappa shape index (κ3) is 3.70. The van der Waals surface area contributed by atoms with Gasteiger partial charge in [-0.15, -0.1) is 0 Å². The maximum atomic E-state index is 12.6. The zero-order chi connectivity index (χ0) is 19.0. The molecular formula is C13H16F3N3O5S. The summed E-state index contributed by atoms with van der Waals surface area (Å²) in [5.41, 5.74) is -1.18. The van der Waals surface area contributed by atoms with E-state index in [1.54, 1.807) is 0 Å². The Morgan fingerprint density at radius 2 is 1.88 bits per heavy atom. The molecular weight excluding hydrogens is 367 g/mol. The lowest BCUT2D eigenvalue weighted by atomic mass is 9.89. The largest absolute Gasteiger partial charge is 0.501 e. The lowest BCUT2D eigenvalue weighted by Crippen LogP contribution is -2.53. The van der Waals surface area contributed by atoms with Crippen molar-refractivity contribution in [2.24, 2.45) is 5.73 Å². The molecule has 0 atom stereocenters. The molecule has 0 radical (unpaired) electrons. The van der Waals surface area contributed by atoms with Crippen LogP contribution in [0.4, 0.5) is 24.5 Å². The Labute approximate surface area is 141 Å². The molecule has 0 spiro atoms. The molecule has 1 aliphatic heterocycles. The van der Waals surface area contributed by atoms with Crippen molar-refractivity contribution in [2.75, 3.05) is 24.6 Å². The van der Waals surface area contributed by atoms with Crippen LogP contribution in [0.3, 0.4) is 0 Å². The van der Waals surface area contributed by atoms with Gasteiger partial charge in [0, 0.05) is 24.7 Å². The molecule has 0 aromatic heterocycles. The van der Waals surface area contributed by atoms with Gasteiger partial charge in [-0.25, -0.2) is 8.42 Å². The molecule has 0 bridgehead atoms. The number of alkyl halides is 3. The number of aliphatic hydroxyl groups excluding tert-OH is 1. The van der Waals surface area contributed by atoms with E-state index in [1.165, 1.54) is 4.90 Å². The number of piperidine rings is 1. The van der Waals surface area contributed by atoms with Crippen LogP contribution in [0.25, 0.3) is 0 Å². The fourth-order valence-electron chi connectivity index (χ4n) is 2.57. The number of hydrogen-bond acceptors (Lipinski definition) is 7. The van der Waals surface area contributed by atoms with Gasteiger partial charge < -0.3 is 15.7 Å². The molecule has 1 aromatic carbocycles. The lowest BCUT2D eigenvalue weighted by molar-refractivity contribution is -0.384. The van der Waals surface area contributed by atoms with Gasteiger partial charge in [-0.1, -0.05) is 0 Å². The van der Waals surface area contributed by atoms with Crippen molar-refractivity contribution >= 4 is 21.2 Å². The average Bonchev–Trinajstić information content (AvgIpc) is 2.54. The number of halogens is 3. The van der Waals surface area contributed by atoms with Crippen LogP contribution < -0.4 is 10.6 Å². The van der Waals surface area contributed by atoms with E-state index >= 15 is 0 Å². The van der Waals surface area contributed by atoms with Crippen molar-refractivity contribution in [3.05, 3.63) is 28.3 Å². The molecule has 140 valence electrons. The maximum absolute atomic E-state index is 12.6. The molecule has 0 saturated carbocycles. The fraction of sp³-hybridized carbons (Fsp3) is 0.538. The van der Waals surface area contributed by atoms with Gasteiger partial charge in [-0.2, -0.15) is 13.2 Å². The summed E-state index contributed by atoms with van der Waals surface area (Å²) in [5, 5.41) is 20.4. The van der Waals surface area contributed by atoms with E-state index in [9.17, 15) is 36.8 Å². The fourth-order valence-corrected chi connectivity index (χ4v) is 3.35. The molecule has 3 N–H and O–H groups in total. The van der Waals surface area contributed by atoms with Gasteiger partial charge in [0.2, 0.25) is 0 Å². The number of nitrogens with two attached hydrogens (primary N) is 1. The van der Waals surface area contributed by atoms with Gasteiger partial charge in [-0.05, 0) is 25.0 Å². The van der Waals surface area contributed by atoms with Crippen LogP contribution in [0.5, 0.6) is 0 Å². The molecule has 1 fully saturated rings. The topological polar surface area (TPSA) is 127 Å². The first-order valence-corrected chi connectivity index (χ1v) is 8.64. The summed E-state index contributed by atoms with van der Waals surface area (Å²) in [4.78, 5) is 10.6. The summed E-state index contributed by atoms with van der Waals surface area (Å²) in [5.74, 6) is 0. The predicted octanol–water partition coefficient (Wildman–Crippen LogP) is 1.18. The number of nitro benzene ring substituents is 1. The Bertz CT molecular complexity index is 774. The number of benzene rings is 1. The van der Waals surface area contributed by atoms with E-state index in [4.69, 9.17) is 5.73 Å². The highest BCUT2D eigenvalue weighted by atomic mass is 32.2. The normalized spacial score (nSPS) is 18.2. The number of nitrogens with zero attached hydrogens (tertiary/aromatic N) is 2. The Kier molecular flexibility index (Phi) is 4.99. The van der Waals surface area contributed by atoms with Crippen LogP contribution in [-0.2, 0) is 9.84 Å². The monoisotopic (exact) mass is 383 g/mol. The summed E-state index contributed by atoms with van der Waals surface area (Å²) >= 11 is 0. The third-order valence-corrected chi connectivity index (χ3v) is 5.66. The standard InChI is InChI=1S/C13H16F3N3O5S/c14-13(15,16)25(23,24)9-1-2-10(11(7-9)19(21)22)18-5-3-12(17,8-20)4-6-18/h1-2,7,20H,3-6,8,17H2. The first-order valence-electron chi connectivity index (χ1n) is 7.16. The molecule has 1 saturated heterocycles. The number of hydrogen-bond donors (Lipinski definition) is 2. The van der Waals surface area contributed by atoms with Crippen molar-refractivity contribution in [1.29, 1.82) is 0 Å². The molecule has 1 aromatic rings. The smallest absolute Gasteiger partial charge is 0.394 e. The van der Waals surface area contributed by atoms with Crippen molar-refractivity contribution in [2.45, 2.75) is 28.8 Å². The second-order valence-electron chi connectivity index (χ2n) is 5.86. The predicted molar refractivity (Wildman–Crippen MR) is 81.8 cm³/mol. The number of sulfone groups is 1. The Hall–Kier alpha value is -1.92. The second-order valence-corrected chi connectivity index (χ2v) is 7.81. The average molecular weight is 383 g/mol. The Morgan fingerprint density at radius 3 is 2.32 bits per heavy atom. The van der Waals surface area contributed by atoms with Crippen LogP contribution in [-0.4, -0.2) is 49.2 Å². The van der Waals surface area contributed by atoms with Crippen LogP contribution in [0.2, 0.25) is 0 Å². The van der Waals surface area contributed by atoms with E-state index in [0.717, 1.165) is 6.07 Å². The van der Waals surface area contributed by atoms with Gasteiger partial charge in [0.05, 0.1) is 16.4 Å². The van der Waals surface area contributed by atoms with Crippen LogP contribution >= 0.6 is 0 Å². The number of anilines is 1. The maximum Gasteiger partial charge on any atom is 0.501 e. The van der Waals surface area contributed by atoms with E-state index in [1.807, 2.05) is 0 Å².